The number of hydrogen-bond acceptors (Lipinski definition) is 3. The number of hydrogen-bond donors (Lipinski definition) is 2. The molecule has 2 N–H and O–H groups in total. The van der Waals surface area contributed by atoms with Gasteiger partial charge in [-0.2, -0.15) is 0 Å². The Hall–Kier alpha value is -2.27. The standard InChI is InChI=1S/C17H16N2O2S/c1-11-3-2-4-13(9-11)18-17(21)12-5-6-15-14(10-12)19-16(20)7-8-22-15/h2-6,9-10H,7-8H2,1H3,(H,18,21)(H,19,20). The molecular formula is C17H16N2O2S. The molecule has 0 unspecified atom stereocenters. The van der Waals surface area contributed by atoms with E-state index < -0.39 is 0 Å². The normalized spacial score (nSPS) is 13.8. The summed E-state index contributed by atoms with van der Waals surface area (Å²) in [6, 6.07) is 13.1. The molecule has 22 heavy (non-hydrogen) atoms. The van der Waals surface area contributed by atoms with Gasteiger partial charge in [-0.05, 0) is 42.8 Å². The highest BCUT2D eigenvalue weighted by atomic mass is 32.2. The van der Waals surface area contributed by atoms with E-state index in [4.69, 9.17) is 0 Å². The first kappa shape index (κ1) is 14.7. The third kappa shape index (κ3) is 3.31. The second-order valence-electron chi connectivity index (χ2n) is 5.18. The smallest absolute Gasteiger partial charge is 0.255 e. The van der Waals surface area contributed by atoms with E-state index in [2.05, 4.69) is 10.6 Å². The molecular weight excluding hydrogens is 296 g/mol. The number of rotatable bonds is 2. The van der Waals surface area contributed by atoms with E-state index in [1.54, 1.807) is 23.9 Å². The van der Waals surface area contributed by atoms with Crippen LogP contribution in [0.4, 0.5) is 11.4 Å². The summed E-state index contributed by atoms with van der Waals surface area (Å²) in [6.07, 6.45) is 0.490. The van der Waals surface area contributed by atoms with Gasteiger partial charge in [-0.1, -0.05) is 12.1 Å². The summed E-state index contributed by atoms with van der Waals surface area (Å²) >= 11 is 1.62. The van der Waals surface area contributed by atoms with Crippen LogP contribution in [0.15, 0.2) is 47.4 Å². The van der Waals surface area contributed by atoms with Crippen molar-refractivity contribution in [3.63, 3.8) is 0 Å². The molecule has 112 valence electrons. The Balaban J connectivity index is 1.83. The van der Waals surface area contributed by atoms with Gasteiger partial charge < -0.3 is 10.6 Å². The van der Waals surface area contributed by atoms with E-state index in [-0.39, 0.29) is 11.8 Å². The molecule has 0 bridgehead atoms. The maximum absolute atomic E-state index is 12.3. The van der Waals surface area contributed by atoms with Crippen LogP contribution in [-0.2, 0) is 4.79 Å². The average Bonchev–Trinajstić information content (AvgIpc) is 2.67. The van der Waals surface area contributed by atoms with Gasteiger partial charge in [0, 0.05) is 28.3 Å². The van der Waals surface area contributed by atoms with Crippen LogP contribution >= 0.6 is 11.8 Å². The molecule has 4 nitrogen and oxygen atoms in total. The Bertz CT molecular complexity index is 743. The molecule has 0 saturated heterocycles. The number of anilines is 2. The average molecular weight is 312 g/mol. The van der Waals surface area contributed by atoms with E-state index >= 15 is 0 Å². The van der Waals surface area contributed by atoms with Crippen LogP contribution in [-0.4, -0.2) is 17.6 Å². The summed E-state index contributed by atoms with van der Waals surface area (Å²) in [4.78, 5) is 25.0. The minimum atomic E-state index is -0.183. The van der Waals surface area contributed by atoms with Crippen LogP contribution in [0.5, 0.6) is 0 Å². The fourth-order valence-electron chi connectivity index (χ4n) is 2.29. The first-order valence-electron chi connectivity index (χ1n) is 7.06. The summed E-state index contributed by atoms with van der Waals surface area (Å²) in [5.74, 6) is 0.563. The number of carbonyl (C=O) groups excluding carboxylic acids is 2. The minimum absolute atomic E-state index is 0.0116. The Morgan fingerprint density at radius 3 is 2.91 bits per heavy atom. The fraction of sp³-hybridized carbons (Fsp3) is 0.176. The number of nitrogens with one attached hydrogen (secondary N) is 2. The van der Waals surface area contributed by atoms with E-state index in [1.807, 2.05) is 37.3 Å². The number of amides is 2. The van der Waals surface area contributed by atoms with Gasteiger partial charge in [0.25, 0.3) is 5.91 Å². The molecule has 1 heterocycles. The molecule has 0 aliphatic carbocycles. The Kier molecular flexibility index (Phi) is 4.15. The summed E-state index contributed by atoms with van der Waals surface area (Å²) in [6.45, 7) is 1.98. The van der Waals surface area contributed by atoms with E-state index in [9.17, 15) is 9.59 Å². The highest BCUT2D eigenvalue weighted by molar-refractivity contribution is 7.99. The van der Waals surface area contributed by atoms with Crippen LogP contribution in [0.3, 0.4) is 0 Å². The molecule has 0 atom stereocenters. The number of carbonyl (C=O) groups is 2. The van der Waals surface area contributed by atoms with Crippen molar-refractivity contribution in [3.8, 4) is 0 Å². The quantitative estimate of drug-likeness (QED) is 0.889. The van der Waals surface area contributed by atoms with Gasteiger partial charge in [-0.15, -0.1) is 11.8 Å². The molecule has 0 saturated carbocycles. The second kappa shape index (κ2) is 6.23. The Labute approximate surface area is 133 Å². The lowest BCUT2D eigenvalue weighted by Crippen LogP contribution is -2.14. The molecule has 2 aromatic carbocycles. The monoisotopic (exact) mass is 312 g/mol. The first-order valence-corrected chi connectivity index (χ1v) is 8.05. The van der Waals surface area contributed by atoms with Gasteiger partial charge in [0.1, 0.15) is 0 Å². The van der Waals surface area contributed by atoms with Gasteiger partial charge in [0.05, 0.1) is 5.69 Å². The molecule has 5 heteroatoms. The Morgan fingerprint density at radius 2 is 2.09 bits per heavy atom. The molecule has 0 fully saturated rings. The SMILES string of the molecule is Cc1cccc(NC(=O)c2ccc3c(c2)NC(=O)CCS3)c1. The van der Waals surface area contributed by atoms with Crippen molar-refractivity contribution in [3.05, 3.63) is 53.6 Å². The highest BCUT2D eigenvalue weighted by Gasteiger charge is 2.15. The van der Waals surface area contributed by atoms with Crippen molar-refractivity contribution in [2.24, 2.45) is 0 Å². The van der Waals surface area contributed by atoms with Crippen LogP contribution in [0.1, 0.15) is 22.3 Å². The molecule has 0 aromatic heterocycles. The lowest BCUT2D eigenvalue weighted by Gasteiger charge is -2.10. The summed E-state index contributed by atoms with van der Waals surface area (Å²) in [5, 5.41) is 5.73. The number of fused-ring (bicyclic) bond motifs is 1. The maximum Gasteiger partial charge on any atom is 0.255 e. The zero-order valence-corrected chi connectivity index (χ0v) is 13.0. The number of benzene rings is 2. The molecule has 0 spiro atoms. The number of aryl methyl sites for hydroxylation is 1. The summed E-state index contributed by atoms with van der Waals surface area (Å²) in [5.41, 5.74) is 3.09. The van der Waals surface area contributed by atoms with Crippen molar-refractivity contribution in [1.82, 2.24) is 0 Å². The highest BCUT2D eigenvalue weighted by Crippen LogP contribution is 2.31. The molecule has 0 radical (unpaired) electrons. The van der Waals surface area contributed by atoms with Crippen LogP contribution < -0.4 is 10.6 Å². The third-order valence-electron chi connectivity index (χ3n) is 3.38. The fourth-order valence-corrected chi connectivity index (χ4v) is 3.22. The van der Waals surface area contributed by atoms with Crippen molar-refractivity contribution in [1.29, 1.82) is 0 Å². The van der Waals surface area contributed by atoms with Crippen molar-refractivity contribution in [2.45, 2.75) is 18.2 Å². The van der Waals surface area contributed by atoms with Gasteiger partial charge in [-0.3, -0.25) is 9.59 Å². The zero-order chi connectivity index (χ0) is 15.5. The first-order chi connectivity index (χ1) is 10.6. The van der Waals surface area contributed by atoms with Gasteiger partial charge in [-0.25, -0.2) is 0 Å². The summed E-state index contributed by atoms with van der Waals surface area (Å²) < 4.78 is 0. The van der Waals surface area contributed by atoms with Crippen LogP contribution in [0.2, 0.25) is 0 Å². The molecule has 2 aromatic rings. The summed E-state index contributed by atoms with van der Waals surface area (Å²) in [7, 11) is 0. The zero-order valence-electron chi connectivity index (χ0n) is 12.2. The van der Waals surface area contributed by atoms with Crippen LogP contribution in [0, 0.1) is 6.92 Å². The molecule has 3 rings (SSSR count). The largest absolute Gasteiger partial charge is 0.325 e. The van der Waals surface area contributed by atoms with Gasteiger partial charge in [0.2, 0.25) is 5.91 Å². The van der Waals surface area contributed by atoms with E-state index in [0.29, 0.717) is 17.7 Å². The van der Waals surface area contributed by atoms with Crippen LogP contribution in [0.25, 0.3) is 0 Å². The number of thioether (sulfide) groups is 1. The Morgan fingerprint density at radius 1 is 1.23 bits per heavy atom. The lowest BCUT2D eigenvalue weighted by atomic mass is 10.1. The molecule has 2 amide bonds. The topological polar surface area (TPSA) is 58.2 Å². The van der Waals surface area contributed by atoms with Crippen molar-refractivity contribution >= 4 is 35.0 Å². The predicted octanol–water partition coefficient (Wildman–Crippen LogP) is 3.68. The van der Waals surface area contributed by atoms with E-state index in [1.165, 1.54) is 0 Å². The van der Waals surface area contributed by atoms with E-state index in [0.717, 1.165) is 21.9 Å². The second-order valence-corrected chi connectivity index (χ2v) is 6.32. The maximum atomic E-state index is 12.3. The van der Waals surface area contributed by atoms with Gasteiger partial charge in [0.15, 0.2) is 0 Å². The third-order valence-corrected chi connectivity index (χ3v) is 4.45. The molecule has 1 aliphatic heterocycles. The van der Waals surface area contributed by atoms with Gasteiger partial charge >= 0.3 is 0 Å². The molecule has 1 aliphatic rings. The van der Waals surface area contributed by atoms with Crippen molar-refractivity contribution in [2.75, 3.05) is 16.4 Å². The van der Waals surface area contributed by atoms with Crippen molar-refractivity contribution < 1.29 is 9.59 Å². The predicted molar refractivity (Wildman–Crippen MR) is 89.5 cm³/mol. The lowest BCUT2D eigenvalue weighted by molar-refractivity contribution is -0.115. The minimum Gasteiger partial charge on any atom is -0.325 e.